The van der Waals surface area contributed by atoms with Crippen LogP contribution in [0.4, 0.5) is 17.1 Å². The van der Waals surface area contributed by atoms with Crippen molar-refractivity contribution in [3.05, 3.63) is 52.6 Å². The summed E-state index contributed by atoms with van der Waals surface area (Å²) < 4.78 is 10.4. The molecule has 0 aromatic heterocycles. The first-order valence-corrected chi connectivity index (χ1v) is 7.97. The molecule has 0 bridgehead atoms. The molecule has 0 unspecified atom stereocenters. The molecule has 9 nitrogen and oxygen atoms in total. The fraction of sp³-hybridized carbons (Fsp3) is 0.222. The molecule has 2 aromatic rings. The average molecular weight is 373 g/mol. The maximum Gasteiger partial charge on any atom is 0.314 e. The van der Waals surface area contributed by atoms with Gasteiger partial charge >= 0.3 is 5.69 Å². The SMILES string of the molecule is COc1ccc(O[C@@H](C)C(=O)Nc2ccc(NC(C)=O)cc2)c([N+](=O)[O-])c1. The second-order valence-electron chi connectivity index (χ2n) is 5.60. The van der Waals surface area contributed by atoms with Crippen molar-refractivity contribution >= 4 is 28.9 Å². The van der Waals surface area contributed by atoms with E-state index >= 15 is 0 Å². The summed E-state index contributed by atoms with van der Waals surface area (Å²) in [7, 11) is 1.40. The minimum Gasteiger partial charge on any atom is -0.496 e. The molecule has 2 N–H and O–H groups in total. The summed E-state index contributed by atoms with van der Waals surface area (Å²) in [5.74, 6) is -0.405. The fourth-order valence-corrected chi connectivity index (χ4v) is 2.19. The number of anilines is 2. The zero-order valence-corrected chi connectivity index (χ0v) is 15.0. The van der Waals surface area contributed by atoms with Crippen molar-refractivity contribution in [1.82, 2.24) is 0 Å². The molecule has 0 aliphatic carbocycles. The maximum atomic E-state index is 12.3. The van der Waals surface area contributed by atoms with Crippen LogP contribution in [0.3, 0.4) is 0 Å². The van der Waals surface area contributed by atoms with Gasteiger partial charge in [0.15, 0.2) is 11.9 Å². The van der Waals surface area contributed by atoms with Gasteiger partial charge in [0, 0.05) is 18.3 Å². The molecule has 0 fully saturated rings. The largest absolute Gasteiger partial charge is 0.496 e. The summed E-state index contributed by atoms with van der Waals surface area (Å²) in [5, 5.41) is 16.4. The third-order valence-corrected chi connectivity index (χ3v) is 3.51. The third-order valence-electron chi connectivity index (χ3n) is 3.51. The number of nitro benzene ring substituents is 1. The third kappa shape index (κ3) is 5.43. The van der Waals surface area contributed by atoms with Crippen LogP contribution in [-0.4, -0.2) is 30.0 Å². The second kappa shape index (κ2) is 8.65. The topological polar surface area (TPSA) is 120 Å². The van der Waals surface area contributed by atoms with Crippen molar-refractivity contribution in [3.8, 4) is 11.5 Å². The number of ether oxygens (including phenoxy) is 2. The van der Waals surface area contributed by atoms with Crippen molar-refractivity contribution in [2.75, 3.05) is 17.7 Å². The van der Waals surface area contributed by atoms with Crippen LogP contribution in [0, 0.1) is 10.1 Å². The standard InChI is InChI=1S/C18H19N3O6/c1-11(27-17-9-8-15(26-3)10-16(17)21(24)25)18(23)20-14-6-4-13(5-7-14)19-12(2)22/h4-11H,1-3H3,(H,19,22)(H,20,23)/t11-/m0/s1. The van der Waals surface area contributed by atoms with Crippen LogP contribution in [0.1, 0.15) is 13.8 Å². The van der Waals surface area contributed by atoms with Crippen molar-refractivity contribution in [3.63, 3.8) is 0 Å². The molecule has 2 amide bonds. The first kappa shape index (κ1) is 19.7. The molecule has 0 saturated carbocycles. The Balaban J connectivity index is 2.05. The van der Waals surface area contributed by atoms with E-state index in [-0.39, 0.29) is 17.3 Å². The van der Waals surface area contributed by atoms with Gasteiger partial charge in [-0.1, -0.05) is 0 Å². The summed E-state index contributed by atoms with van der Waals surface area (Å²) in [6.07, 6.45) is -0.980. The molecule has 2 aromatic carbocycles. The van der Waals surface area contributed by atoms with Gasteiger partial charge in [0.2, 0.25) is 5.91 Å². The van der Waals surface area contributed by atoms with Crippen molar-refractivity contribution in [2.45, 2.75) is 20.0 Å². The number of methoxy groups -OCH3 is 1. The Morgan fingerprint density at radius 3 is 2.19 bits per heavy atom. The number of hydrogen-bond donors (Lipinski definition) is 2. The predicted molar refractivity (Wildman–Crippen MR) is 99.1 cm³/mol. The van der Waals surface area contributed by atoms with Gasteiger partial charge in [0.1, 0.15) is 5.75 Å². The summed E-state index contributed by atoms with van der Waals surface area (Å²) in [4.78, 5) is 33.9. The number of nitrogens with zero attached hydrogens (tertiary/aromatic N) is 1. The van der Waals surface area contributed by atoms with E-state index in [1.54, 1.807) is 24.3 Å². The predicted octanol–water partition coefficient (Wildman–Crippen LogP) is 2.97. The Kier molecular flexibility index (Phi) is 6.32. The molecule has 142 valence electrons. The number of carbonyl (C=O) groups is 2. The molecule has 0 aliphatic heterocycles. The van der Waals surface area contributed by atoms with Crippen LogP contribution in [0.15, 0.2) is 42.5 Å². The Morgan fingerprint density at radius 2 is 1.67 bits per heavy atom. The van der Waals surface area contributed by atoms with Gasteiger partial charge < -0.3 is 20.1 Å². The van der Waals surface area contributed by atoms with Crippen LogP contribution in [0.5, 0.6) is 11.5 Å². The summed E-state index contributed by atoms with van der Waals surface area (Å²) >= 11 is 0. The van der Waals surface area contributed by atoms with Crippen LogP contribution in [0.2, 0.25) is 0 Å². The molecular weight excluding hydrogens is 354 g/mol. The molecular formula is C18H19N3O6. The van der Waals surface area contributed by atoms with Crippen molar-refractivity contribution < 1.29 is 24.0 Å². The molecule has 1 atom stereocenters. The van der Waals surface area contributed by atoms with Gasteiger partial charge in [0.05, 0.1) is 18.1 Å². The molecule has 0 radical (unpaired) electrons. The Morgan fingerprint density at radius 1 is 1.07 bits per heavy atom. The second-order valence-corrected chi connectivity index (χ2v) is 5.60. The molecule has 9 heteroatoms. The highest BCUT2D eigenvalue weighted by molar-refractivity contribution is 5.94. The Labute approximate surface area is 155 Å². The number of nitro groups is 1. The molecule has 0 saturated heterocycles. The van der Waals surface area contributed by atoms with E-state index in [2.05, 4.69) is 10.6 Å². The molecule has 2 rings (SSSR count). The first-order valence-electron chi connectivity index (χ1n) is 7.97. The number of hydrogen-bond acceptors (Lipinski definition) is 6. The van der Waals surface area contributed by atoms with E-state index < -0.39 is 16.9 Å². The van der Waals surface area contributed by atoms with E-state index in [0.717, 1.165) is 0 Å². The quantitative estimate of drug-likeness (QED) is 0.569. The maximum absolute atomic E-state index is 12.3. The Bertz CT molecular complexity index is 851. The monoisotopic (exact) mass is 373 g/mol. The number of rotatable bonds is 7. The first-order chi connectivity index (χ1) is 12.8. The lowest BCUT2D eigenvalue weighted by molar-refractivity contribution is -0.386. The minimum atomic E-state index is -0.980. The normalized spacial score (nSPS) is 11.2. The van der Waals surface area contributed by atoms with Gasteiger partial charge in [0.25, 0.3) is 5.91 Å². The van der Waals surface area contributed by atoms with Gasteiger partial charge in [-0.05, 0) is 43.3 Å². The highest BCUT2D eigenvalue weighted by Gasteiger charge is 2.22. The average Bonchev–Trinajstić information content (AvgIpc) is 2.63. The van der Waals surface area contributed by atoms with E-state index in [9.17, 15) is 19.7 Å². The van der Waals surface area contributed by atoms with Gasteiger partial charge in [-0.25, -0.2) is 0 Å². The van der Waals surface area contributed by atoms with Gasteiger partial charge in [-0.15, -0.1) is 0 Å². The molecule has 0 heterocycles. The lowest BCUT2D eigenvalue weighted by Crippen LogP contribution is -2.30. The lowest BCUT2D eigenvalue weighted by Gasteiger charge is -2.15. The van der Waals surface area contributed by atoms with Crippen molar-refractivity contribution in [1.29, 1.82) is 0 Å². The summed E-state index contributed by atoms with van der Waals surface area (Å²) in [5.41, 5.74) is 0.793. The van der Waals surface area contributed by atoms with E-state index in [0.29, 0.717) is 17.1 Å². The van der Waals surface area contributed by atoms with E-state index in [4.69, 9.17) is 9.47 Å². The smallest absolute Gasteiger partial charge is 0.314 e. The van der Waals surface area contributed by atoms with E-state index in [1.165, 1.54) is 39.2 Å². The summed E-state index contributed by atoms with van der Waals surface area (Å²) in [6.45, 7) is 2.88. The minimum absolute atomic E-state index is 0.0375. The van der Waals surface area contributed by atoms with Crippen LogP contribution in [0.25, 0.3) is 0 Å². The molecule has 0 spiro atoms. The molecule has 27 heavy (non-hydrogen) atoms. The summed E-state index contributed by atoms with van der Waals surface area (Å²) in [6, 6.07) is 10.6. The number of amides is 2. The van der Waals surface area contributed by atoms with Crippen LogP contribution < -0.4 is 20.1 Å². The fourth-order valence-electron chi connectivity index (χ4n) is 2.19. The van der Waals surface area contributed by atoms with Crippen molar-refractivity contribution in [2.24, 2.45) is 0 Å². The zero-order chi connectivity index (χ0) is 20.0. The van der Waals surface area contributed by atoms with Gasteiger partial charge in [-0.3, -0.25) is 19.7 Å². The van der Waals surface area contributed by atoms with Gasteiger partial charge in [-0.2, -0.15) is 0 Å². The number of nitrogens with one attached hydrogen (secondary N) is 2. The highest BCUT2D eigenvalue weighted by atomic mass is 16.6. The molecule has 0 aliphatic rings. The number of carbonyl (C=O) groups excluding carboxylic acids is 2. The van der Waals surface area contributed by atoms with Crippen LogP contribution in [-0.2, 0) is 9.59 Å². The van der Waals surface area contributed by atoms with E-state index in [1.807, 2.05) is 0 Å². The Hall–Kier alpha value is -3.62. The zero-order valence-electron chi connectivity index (χ0n) is 15.0. The highest BCUT2D eigenvalue weighted by Crippen LogP contribution is 2.31. The van der Waals surface area contributed by atoms with Crippen LogP contribution >= 0.6 is 0 Å². The number of benzene rings is 2. The lowest BCUT2D eigenvalue weighted by atomic mass is 10.2.